The summed E-state index contributed by atoms with van der Waals surface area (Å²) in [4.78, 5) is 1.03. The molecule has 1 N–H and O–H groups in total. The third-order valence-electron chi connectivity index (χ3n) is 2.72. The molecule has 0 aliphatic carbocycles. The second-order valence-corrected chi connectivity index (χ2v) is 7.44. The lowest BCUT2D eigenvalue weighted by Gasteiger charge is -2.32. The number of piperazine rings is 1. The van der Waals surface area contributed by atoms with Crippen LogP contribution in [0.15, 0.2) is 16.3 Å². The zero-order chi connectivity index (χ0) is 11.8. The van der Waals surface area contributed by atoms with Gasteiger partial charge in [0.25, 0.3) is 10.0 Å². The van der Waals surface area contributed by atoms with Crippen LogP contribution in [0.4, 0.5) is 0 Å². The summed E-state index contributed by atoms with van der Waals surface area (Å²) in [7, 11) is -3.28. The minimum absolute atomic E-state index is 0. The summed E-state index contributed by atoms with van der Waals surface area (Å²) in [5.74, 6) is 0. The first-order valence-corrected chi connectivity index (χ1v) is 7.56. The molecule has 2 heterocycles. The van der Waals surface area contributed by atoms with Crippen LogP contribution in [-0.2, 0) is 10.0 Å². The summed E-state index contributed by atoms with van der Waals surface area (Å²) in [5, 5.41) is 3.19. The average Bonchev–Trinajstić information content (AvgIpc) is 2.66. The third kappa shape index (κ3) is 3.00. The standard InChI is InChI=1S/C10H16N2O2S2.ClH/c1-8-7-11-5-6-12(8)16(13,14)10-4-3-9(2)15-10;/h3-4,8,11H,5-7H2,1-2H3;1H/t8-;/m0./s1. The van der Waals surface area contributed by atoms with Crippen molar-refractivity contribution in [3.63, 3.8) is 0 Å². The van der Waals surface area contributed by atoms with Gasteiger partial charge in [-0.2, -0.15) is 4.31 Å². The first-order valence-electron chi connectivity index (χ1n) is 5.31. The fraction of sp³-hybridized carbons (Fsp3) is 0.600. The number of halogens is 1. The zero-order valence-corrected chi connectivity index (χ0v) is 12.3. The molecule has 17 heavy (non-hydrogen) atoms. The van der Waals surface area contributed by atoms with E-state index < -0.39 is 10.0 Å². The lowest BCUT2D eigenvalue weighted by atomic mass is 10.3. The minimum atomic E-state index is -3.28. The largest absolute Gasteiger partial charge is 0.314 e. The van der Waals surface area contributed by atoms with Crippen molar-refractivity contribution in [3.8, 4) is 0 Å². The number of hydrogen-bond acceptors (Lipinski definition) is 4. The van der Waals surface area contributed by atoms with E-state index in [1.807, 2.05) is 19.9 Å². The van der Waals surface area contributed by atoms with E-state index in [0.717, 1.165) is 18.0 Å². The van der Waals surface area contributed by atoms with Crippen LogP contribution in [0.1, 0.15) is 11.8 Å². The van der Waals surface area contributed by atoms with E-state index in [2.05, 4.69) is 5.32 Å². The smallest absolute Gasteiger partial charge is 0.252 e. The van der Waals surface area contributed by atoms with Crippen LogP contribution in [-0.4, -0.2) is 38.4 Å². The molecule has 1 aromatic rings. The fourth-order valence-corrected chi connectivity index (χ4v) is 4.89. The molecular formula is C10H17ClN2O2S2. The SMILES string of the molecule is Cc1ccc(S(=O)(=O)N2CCNC[C@@H]2C)s1.Cl. The first kappa shape index (κ1) is 14.9. The van der Waals surface area contributed by atoms with E-state index >= 15 is 0 Å². The Labute approximate surface area is 112 Å². The van der Waals surface area contributed by atoms with Crippen LogP contribution in [0.25, 0.3) is 0 Å². The van der Waals surface area contributed by atoms with Crippen molar-refractivity contribution < 1.29 is 8.42 Å². The summed E-state index contributed by atoms with van der Waals surface area (Å²) in [6.07, 6.45) is 0. The Balaban J connectivity index is 0.00000144. The van der Waals surface area contributed by atoms with Crippen LogP contribution in [0.3, 0.4) is 0 Å². The van der Waals surface area contributed by atoms with Gasteiger partial charge in [-0.05, 0) is 26.0 Å². The molecule has 2 rings (SSSR count). The summed E-state index contributed by atoms with van der Waals surface area (Å²) < 4.78 is 26.7. The second kappa shape index (κ2) is 5.67. The molecule has 98 valence electrons. The lowest BCUT2D eigenvalue weighted by Crippen LogP contribution is -2.51. The maximum atomic E-state index is 12.3. The highest BCUT2D eigenvalue weighted by Gasteiger charge is 2.31. The van der Waals surface area contributed by atoms with E-state index in [4.69, 9.17) is 0 Å². The summed E-state index contributed by atoms with van der Waals surface area (Å²) in [6.45, 7) is 5.87. The molecule has 1 fully saturated rings. The van der Waals surface area contributed by atoms with Crippen LogP contribution in [0.5, 0.6) is 0 Å². The Bertz CT molecular complexity index is 472. The normalized spacial score (nSPS) is 22.1. The highest BCUT2D eigenvalue weighted by Crippen LogP contribution is 2.25. The molecule has 0 spiro atoms. The zero-order valence-electron chi connectivity index (χ0n) is 9.84. The Morgan fingerprint density at radius 2 is 2.18 bits per heavy atom. The number of rotatable bonds is 2. The molecule has 4 nitrogen and oxygen atoms in total. The van der Waals surface area contributed by atoms with Gasteiger partial charge in [0.1, 0.15) is 4.21 Å². The molecule has 1 aromatic heterocycles. The van der Waals surface area contributed by atoms with Gasteiger partial charge < -0.3 is 5.32 Å². The van der Waals surface area contributed by atoms with Crippen LogP contribution in [0, 0.1) is 6.92 Å². The maximum absolute atomic E-state index is 12.3. The van der Waals surface area contributed by atoms with Crippen molar-refractivity contribution >= 4 is 33.8 Å². The molecule has 0 aromatic carbocycles. The Morgan fingerprint density at radius 3 is 2.71 bits per heavy atom. The Hall–Kier alpha value is -0.140. The molecule has 0 amide bonds. The topological polar surface area (TPSA) is 49.4 Å². The number of hydrogen-bond donors (Lipinski definition) is 1. The first-order chi connectivity index (χ1) is 7.51. The van der Waals surface area contributed by atoms with E-state index in [0.29, 0.717) is 10.8 Å². The van der Waals surface area contributed by atoms with E-state index in [9.17, 15) is 8.42 Å². The molecule has 7 heteroatoms. The van der Waals surface area contributed by atoms with Crippen molar-refractivity contribution in [2.75, 3.05) is 19.6 Å². The van der Waals surface area contributed by atoms with Gasteiger partial charge in [0.05, 0.1) is 0 Å². The molecular weight excluding hydrogens is 280 g/mol. The predicted octanol–water partition coefficient (Wildman–Crippen LogP) is 1.46. The van der Waals surface area contributed by atoms with Gasteiger partial charge >= 0.3 is 0 Å². The van der Waals surface area contributed by atoms with Gasteiger partial charge in [-0.25, -0.2) is 8.42 Å². The van der Waals surface area contributed by atoms with Crippen LogP contribution >= 0.6 is 23.7 Å². The Morgan fingerprint density at radius 1 is 1.47 bits per heavy atom. The number of nitrogens with zero attached hydrogens (tertiary/aromatic N) is 1. The van der Waals surface area contributed by atoms with Crippen molar-refractivity contribution in [2.45, 2.75) is 24.1 Å². The molecule has 0 unspecified atom stereocenters. The van der Waals surface area contributed by atoms with E-state index in [1.165, 1.54) is 11.3 Å². The van der Waals surface area contributed by atoms with Crippen molar-refractivity contribution in [1.29, 1.82) is 0 Å². The molecule has 0 bridgehead atoms. The molecule has 1 aliphatic rings. The second-order valence-electron chi connectivity index (χ2n) is 4.03. The number of thiophene rings is 1. The highest BCUT2D eigenvalue weighted by molar-refractivity contribution is 7.91. The monoisotopic (exact) mass is 296 g/mol. The van der Waals surface area contributed by atoms with Gasteiger partial charge in [0, 0.05) is 30.6 Å². The Kier molecular flexibility index (Phi) is 4.97. The molecule has 1 atom stereocenters. The minimum Gasteiger partial charge on any atom is -0.314 e. The maximum Gasteiger partial charge on any atom is 0.252 e. The number of aryl methyl sites for hydroxylation is 1. The van der Waals surface area contributed by atoms with Crippen molar-refractivity contribution in [1.82, 2.24) is 9.62 Å². The molecule has 1 aliphatic heterocycles. The summed E-state index contributed by atoms with van der Waals surface area (Å²) >= 11 is 1.34. The average molecular weight is 297 g/mol. The number of sulfonamides is 1. The van der Waals surface area contributed by atoms with Gasteiger partial charge in [-0.15, -0.1) is 23.7 Å². The molecule has 1 saturated heterocycles. The third-order valence-corrected chi connectivity index (χ3v) is 6.20. The molecule has 0 saturated carbocycles. The van der Waals surface area contributed by atoms with Crippen molar-refractivity contribution in [3.05, 3.63) is 17.0 Å². The van der Waals surface area contributed by atoms with Gasteiger partial charge in [0.2, 0.25) is 0 Å². The number of nitrogens with one attached hydrogen (secondary N) is 1. The van der Waals surface area contributed by atoms with Gasteiger partial charge in [-0.1, -0.05) is 0 Å². The lowest BCUT2D eigenvalue weighted by molar-refractivity contribution is 0.284. The summed E-state index contributed by atoms with van der Waals surface area (Å²) in [6, 6.07) is 3.58. The quantitative estimate of drug-likeness (QED) is 0.899. The molecule has 0 radical (unpaired) electrons. The fourth-order valence-electron chi connectivity index (χ4n) is 1.85. The van der Waals surface area contributed by atoms with Crippen LogP contribution in [0.2, 0.25) is 0 Å². The van der Waals surface area contributed by atoms with Crippen LogP contribution < -0.4 is 5.32 Å². The van der Waals surface area contributed by atoms with Gasteiger partial charge in [-0.3, -0.25) is 0 Å². The summed E-state index contributed by atoms with van der Waals surface area (Å²) in [5.41, 5.74) is 0. The van der Waals surface area contributed by atoms with E-state index in [1.54, 1.807) is 10.4 Å². The highest BCUT2D eigenvalue weighted by atomic mass is 35.5. The van der Waals surface area contributed by atoms with E-state index in [-0.39, 0.29) is 18.4 Å². The van der Waals surface area contributed by atoms with Crippen molar-refractivity contribution in [2.24, 2.45) is 0 Å². The van der Waals surface area contributed by atoms with Gasteiger partial charge in [0.15, 0.2) is 0 Å². The predicted molar refractivity (Wildman–Crippen MR) is 72.5 cm³/mol.